The van der Waals surface area contributed by atoms with Gasteiger partial charge in [0.25, 0.3) is 0 Å². The Kier molecular flexibility index (Phi) is 3.39. The van der Waals surface area contributed by atoms with Gasteiger partial charge in [-0.05, 0) is 13.1 Å². The number of hydrogen-bond donors (Lipinski definition) is 1. The van der Waals surface area contributed by atoms with Crippen molar-refractivity contribution in [3.05, 3.63) is 30.5 Å². The minimum atomic E-state index is -0.386. The molecule has 0 bridgehead atoms. The van der Waals surface area contributed by atoms with E-state index in [1.165, 1.54) is 7.11 Å². The average molecular weight is 233 g/mol. The highest BCUT2D eigenvalue weighted by atomic mass is 16.5. The standard InChI is InChI=1S/C12H15N3O2/c1-13-10(12(16)17-2)8-15-11-6-4-3-5-9(11)7-14-15/h3-7,10,13H,8H2,1-2H3. The Morgan fingerprint density at radius 3 is 3.00 bits per heavy atom. The van der Waals surface area contributed by atoms with Crippen LogP contribution in [0.25, 0.3) is 10.9 Å². The van der Waals surface area contributed by atoms with Gasteiger partial charge in [0, 0.05) is 5.39 Å². The summed E-state index contributed by atoms with van der Waals surface area (Å²) in [4.78, 5) is 11.5. The molecule has 0 aliphatic rings. The van der Waals surface area contributed by atoms with Crippen LogP contribution in [0.1, 0.15) is 0 Å². The second kappa shape index (κ2) is 4.97. The summed E-state index contributed by atoms with van der Waals surface area (Å²) in [5.41, 5.74) is 1.01. The molecule has 1 atom stereocenters. The molecule has 0 aliphatic heterocycles. The second-order valence-electron chi connectivity index (χ2n) is 3.75. The van der Waals surface area contributed by atoms with Crippen LogP contribution in [-0.4, -0.2) is 35.9 Å². The number of rotatable bonds is 4. The second-order valence-corrected chi connectivity index (χ2v) is 3.75. The predicted molar refractivity (Wildman–Crippen MR) is 64.6 cm³/mol. The third-order valence-corrected chi connectivity index (χ3v) is 2.74. The molecule has 5 nitrogen and oxygen atoms in total. The van der Waals surface area contributed by atoms with Crippen LogP contribution in [0.2, 0.25) is 0 Å². The van der Waals surface area contributed by atoms with E-state index >= 15 is 0 Å². The first-order chi connectivity index (χ1) is 8.26. The normalized spacial score (nSPS) is 12.6. The summed E-state index contributed by atoms with van der Waals surface area (Å²) in [6.07, 6.45) is 1.79. The molecule has 17 heavy (non-hydrogen) atoms. The Bertz CT molecular complexity index is 521. The minimum absolute atomic E-state index is 0.285. The van der Waals surface area contributed by atoms with E-state index in [1.807, 2.05) is 24.3 Å². The molecule has 1 N–H and O–H groups in total. The van der Waals surface area contributed by atoms with E-state index in [-0.39, 0.29) is 12.0 Å². The monoisotopic (exact) mass is 233 g/mol. The summed E-state index contributed by atoms with van der Waals surface area (Å²) in [5, 5.41) is 8.25. The zero-order valence-corrected chi connectivity index (χ0v) is 9.88. The van der Waals surface area contributed by atoms with Gasteiger partial charge in [-0.1, -0.05) is 18.2 Å². The first-order valence-corrected chi connectivity index (χ1v) is 5.42. The molecule has 0 radical (unpaired) electrons. The molecule has 0 spiro atoms. The van der Waals surface area contributed by atoms with E-state index in [4.69, 9.17) is 4.74 Å². The number of carbonyl (C=O) groups excluding carboxylic acids is 1. The molecule has 1 aromatic carbocycles. The van der Waals surface area contributed by atoms with Gasteiger partial charge < -0.3 is 10.1 Å². The number of hydrogen-bond acceptors (Lipinski definition) is 4. The van der Waals surface area contributed by atoms with Crippen molar-refractivity contribution < 1.29 is 9.53 Å². The molecule has 90 valence electrons. The van der Waals surface area contributed by atoms with Crippen molar-refractivity contribution >= 4 is 16.9 Å². The molecule has 0 saturated carbocycles. The fraction of sp³-hybridized carbons (Fsp3) is 0.333. The molecule has 0 saturated heterocycles. The van der Waals surface area contributed by atoms with Crippen LogP contribution >= 0.6 is 0 Å². The van der Waals surface area contributed by atoms with Crippen LogP contribution in [-0.2, 0) is 16.1 Å². The van der Waals surface area contributed by atoms with Crippen LogP contribution in [0.15, 0.2) is 30.5 Å². The molecule has 0 amide bonds. The zero-order valence-electron chi connectivity index (χ0n) is 9.88. The van der Waals surface area contributed by atoms with Gasteiger partial charge in [-0.25, -0.2) is 0 Å². The number of likely N-dealkylation sites (N-methyl/N-ethyl adjacent to an activating group) is 1. The Hall–Kier alpha value is -1.88. The first kappa shape index (κ1) is 11.6. The number of methoxy groups -OCH3 is 1. The number of benzene rings is 1. The lowest BCUT2D eigenvalue weighted by Gasteiger charge is -2.14. The lowest BCUT2D eigenvalue weighted by Crippen LogP contribution is -2.39. The number of carbonyl (C=O) groups is 1. The van der Waals surface area contributed by atoms with Gasteiger partial charge in [0.15, 0.2) is 0 Å². The van der Waals surface area contributed by atoms with Crippen molar-refractivity contribution in [2.24, 2.45) is 0 Å². The number of para-hydroxylation sites is 1. The van der Waals surface area contributed by atoms with E-state index in [1.54, 1.807) is 17.9 Å². The molecule has 1 aromatic heterocycles. The summed E-state index contributed by atoms with van der Waals surface area (Å²) >= 11 is 0. The molecular formula is C12H15N3O2. The average Bonchev–Trinajstić information content (AvgIpc) is 2.78. The van der Waals surface area contributed by atoms with Crippen LogP contribution in [0, 0.1) is 0 Å². The maximum atomic E-state index is 11.5. The van der Waals surface area contributed by atoms with Gasteiger partial charge >= 0.3 is 5.97 Å². The molecule has 0 fully saturated rings. The Labute approximate surface area is 99.4 Å². The number of nitrogens with one attached hydrogen (secondary N) is 1. The summed E-state index contributed by atoms with van der Waals surface area (Å²) in [5.74, 6) is -0.285. The van der Waals surface area contributed by atoms with Gasteiger partial charge in [-0.3, -0.25) is 9.48 Å². The minimum Gasteiger partial charge on any atom is -0.468 e. The smallest absolute Gasteiger partial charge is 0.324 e. The van der Waals surface area contributed by atoms with Crippen molar-refractivity contribution in [3.63, 3.8) is 0 Å². The highest BCUT2D eigenvalue weighted by Gasteiger charge is 2.18. The lowest BCUT2D eigenvalue weighted by molar-refractivity contribution is -0.143. The highest BCUT2D eigenvalue weighted by molar-refractivity contribution is 5.79. The number of ether oxygens (including phenoxy) is 1. The number of esters is 1. The summed E-state index contributed by atoms with van der Waals surface area (Å²) in [7, 11) is 3.11. The predicted octanol–water partition coefficient (Wildman–Crippen LogP) is 0.797. The van der Waals surface area contributed by atoms with E-state index in [0.717, 1.165) is 10.9 Å². The van der Waals surface area contributed by atoms with E-state index in [0.29, 0.717) is 6.54 Å². The van der Waals surface area contributed by atoms with Crippen molar-refractivity contribution in [1.82, 2.24) is 15.1 Å². The fourth-order valence-electron chi connectivity index (χ4n) is 1.77. The molecule has 1 heterocycles. The zero-order chi connectivity index (χ0) is 12.3. The molecule has 0 aliphatic carbocycles. The third-order valence-electron chi connectivity index (χ3n) is 2.74. The van der Waals surface area contributed by atoms with Crippen LogP contribution in [0.5, 0.6) is 0 Å². The largest absolute Gasteiger partial charge is 0.468 e. The molecule has 1 unspecified atom stereocenters. The number of fused-ring (bicyclic) bond motifs is 1. The van der Waals surface area contributed by atoms with Gasteiger partial charge in [0.1, 0.15) is 6.04 Å². The van der Waals surface area contributed by atoms with Crippen molar-refractivity contribution in [2.45, 2.75) is 12.6 Å². The van der Waals surface area contributed by atoms with E-state index < -0.39 is 0 Å². The molecule has 2 aromatic rings. The van der Waals surface area contributed by atoms with E-state index in [2.05, 4.69) is 10.4 Å². The van der Waals surface area contributed by atoms with Gasteiger partial charge in [-0.2, -0.15) is 5.10 Å². The van der Waals surface area contributed by atoms with Gasteiger partial charge in [0.05, 0.1) is 25.4 Å². The maximum absolute atomic E-state index is 11.5. The summed E-state index contributed by atoms with van der Waals surface area (Å²) < 4.78 is 6.52. The molecule has 2 rings (SSSR count). The quantitative estimate of drug-likeness (QED) is 0.793. The Morgan fingerprint density at radius 1 is 1.53 bits per heavy atom. The van der Waals surface area contributed by atoms with Crippen LogP contribution < -0.4 is 5.32 Å². The topological polar surface area (TPSA) is 56.2 Å². The summed E-state index contributed by atoms with van der Waals surface area (Å²) in [6.45, 7) is 0.455. The van der Waals surface area contributed by atoms with Crippen molar-refractivity contribution in [2.75, 3.05) is 14.2 Å². The first-order valence-electron chi connectivity index (χ1n) is 5.42. The highest BCUT2D eigenvalue weighted by Crippen LogP contribution is 2.13. The number of aromatic nitrogens is 2. The van der Waals surface area contributed by atoms with Gasteiger partial charge in [-0.15, -0.1) is 0 Å². The van der Waals surface area contributed by atoms with Crippen LogP contribution in [0.4, 0.5) is 0 Å². The Balaban J connectivity index is 2.25. The summed E-state index contributed by atoms with van der Waals surface area (Å²) in [6, 6.07) is 7.50. The van der Waals surface area contributed by atoms with Crippen molar-refractivity contribution in [1.29, 1.82) is 0 Å². The van der Waals surface area contributed by atoms with Crippen molar-refractivity contribution in [3.8, 4) is 0 Å². The Morgan fingerprint density at radius 2 is 2.29 bits per heavy atom. The lowest BCUT2D eigenvalue weighted by atomic mass is 10.2. The van der Waals surface area contributed by atoms with Crippen LogP contribution in [0.3, 0.4) is 0 Å². The third kappa shape index (κ3) is 2.29. The fourth-order valence-corrected chi connectivity index (χ4v) is 1.77. The van der Waals surface area contributed by atoms with Gasteiger partial charge in [0.2, 0.25) is 0 Å². The van der Waals surface area contributed by atoms with E-state index in [9.17, 15) is 4.79 Å². The molecular weight excluding hydrogens is 218 g/mol. The maximum Gasteiger partial charge on any atom is 0.324 e. The molecule has 5 heteroatoms. The number of nitrogens with zero attached hydrogens (tertiary/aromatic N) is 2. The SMILES string of the molecule is CNC(Cn1ncc2ccccc21)C(=O)OC.